The third-order valence-electron chi connectivity index (χ3n) is 2.85. The molecule has 0 spiro atoms. The van der Waals surface area contributed by atoms with Crippen molar-refractivity contribution in [1.82, 2.24) is 0 Å². The Labute approximate surface area is 126 Å². The van der Waals surface area contributed by atoms with E-state index in [9.17, 15) is 8.42 Å². The van der Waals surface area contributed by atoms with Crippen molar-refractivity contribution in [1.29, 1.82) is 0 Å². The van der Waals surface area contributed by atoms with Crippen LogP contribution < -0.4 is 0 Å². The number of halogens is 1. The van der Waals surface area contributed by atoms with Crippen LogP contribution in [-0.2, 0) is 13.8 Å². The molecular formula is C15H23ClO3S. The Balaban J connectivity index is 2.90. The summed E-state index contributed by atoms with van der Waals surface area (Å²) >= 11 is 0. The van der Waals surface area contributed by atoms with E-state index in [2.05, 4.69) is 27.7 Å². The van der Waals surface area contributed by atoms with Crippen LogP contribution in [0.3, 0.4) is 0 Å². The van der Waals surface area contributed by atoms with E-state index in [-0.39, 0.29) is 11.0 Å². The molecule has 1 rings (SSSR count). The van der Waals surface area contributed by atoms with Crippen LogP contribution in [0.5, 0.6) is 0 Å². The highest BCUT2D eigenvalue weighted by Crippen LogP contribution is 2.27. The molecule has 0 fully saturated rings. The van der Waals surface area contributed by atoms with Gasteiger partial charge in [-0.2, -0.15) is 0 Å². The Morgan fingerprint density at radius 1 is 1.05 bits per heavy atom. The molecule has 20 heavy (non-hydrogen) atoms. The van der Waals surface area contributed by atoms with Crippen LogP contribution in [-0.4, -0.2) is 15.0 Å². The molecule has 0 heterocycles. The summed E-state index contributed by atoms with van der Waals surface area (Å²) in [7, 11) is 1.66. The maximum atomic E-state index is 11.2. The molecule has 0 aliphatic heterocycles. The zero-order valence-electron chi connectivity index (χ0n) is 12.5. The van der Waals surface area contributed by atoms with E-state index in [1.165, 1.54) is 12.1 Å². The molecule has 0 aliphatic rings. The van der Waals surface area contributed by atoms with Crippen molar-refractivity contribution in [3.05, 3.63) is 29.8 Å². The number of hydrogen-bond acceptors (Lipinski definition) is 3. The van der Waals surface area contributed by atoms with E-state index < -0.39 is 9.05 Å². The smallest absolute Gasteiger partial charge is 0.261 e. The first-order valence-corrected chi connectivity index (χ1v) is 9.17. The molecule has 1 atom stereocenters. The third kappa shape index (κ3) is 5.81. The molecular weight excluding hydrogens is 296 g/mol. The predicted octanol–water partition coefficient (Wildman–Crippen LogP) is 4.37. The fourth-order valence-electron chi connectivity index (χ4n) is 1.88. The van der Waals surface area contributed by atoms with E-state index in [0.29, 0.717) is 18.4 Å². The predicted molar refractivity (Wildman–Crippen MR) is 82.5 cm³/mol. The second kappa shape index (κ2) is 7.43. The first-order chi connectivity index (χ1) is 9.20. The van der Waals surface area contributed by atoms with Gasteiger partial charge in [-0.1, -0.05) is 39.8 Å². The Morgan fingerprint density at radius 2 is 1.60 bits per heavy atom. The van der Waals surface area contributed by atoms with E-state index >= 15 is 0 Å². The summed E-state index contributed by atoms with van der Waals surface area (Å²) in [6, 6.07) is 6.62. The average Bonchev–Trinajstić information content (AvgIpc) is 2.33. The van der Waals surface area contributed by atoms with Crippen LogP contribution >= 0.6 is 10.7 Å². The lowest BCUT2D eigenvalue weighted by Crippen LogP contribution is -2.11. The van der Waals surface area contributed by atoms with E-state index in [1.54, 1.807) is 12.1 Å². The van der Waals surface area contributed by atoms with Gasteiger partial charge in [0.25, 0.3) is 9.05 Å². The zero-order valence-corrected chi connectivity index (χ0v) is 14.0. The molecule has 114 valence electrons. The Kier molecular flexibility index (Phi) is 6.49. The normalized spacial score (nSPS) is 13.9. The average molecular weight is 319 g/mol. The van der Waals surface area contributed by atoms with Gasteiger partial charge in [-0.15, -0.1) is 0 Å². The highest BCUT2D eigenvalue weighted by atomic mass is 35.7. The Bertz CT molecular complexity index is 506. The van der Waals surface area contributed by atoms with Crippen molar-refractivity contribution < 1.29 is 13.2 Å². The number of hydrogen-bond donors (Lipinski definition) is 0. The Morgan fingerprint density at radius 3 is 2.00 bits per heavy atom. The van der Waals surface area contributed by atoms with E-state index in [0.717, 1.165) is 12.0 Å². The largest absolute Gasteiger partial charge is 0.373 e. The summed E-state index contributed by atoms with van der Waals surface area (Å²) in [5, 5.41) is 0. The monoisotopic (exact) mass is 318 g/mol. The molecule has 0 saturated heterocycles. The van der Waals surface area contributed by atoms with Crippen LogP contribution in [0.15, 0.2) is 29.2 Å². The number of rotatable bonds is 7. The van der Waals surface area contributed by atoms with Crippen molar-refractivity contribution in [2.75, 3.05) is 6.61 Å². The van der Waals surface area contributed by atoms with Gasteiger partial charge in [0, 0.05) is 17.3 Å². The number of ether oxygens (including phenoxy) is 1. The molecule has 3 nitrogen and oxygen atoms in total. The summed E-state index contributed by atoms with van der Waals surface area (Å²) in [6.45, 7) is 9.19. The van der Waals surface area contributed by atoms with Gasteiger partial charge in [0.2, 0.25) is 0 Å². The standard InChI is InChI=1S/C15H23ClO3S/c1-11(2)9-15(19-10-12(3)4)13-5-7-14(8-6-13)20(16,17)18/h5-8,11-12,15H,9-10H2,1-4H3/t15-/m1/s1. The molecule has 0 bridgehead atoms. The van der Waals surface area contributed by atoms with Gasteiger partial charge in [0.15, 0.2) is 0 Å². The van der Waals surface area contributed by atoms with Gasteiger partial charge in [-0.25, -0.2) is 8.42 Å². The van der Waals surface area contributed by atoms with Gasteiger partial charge >= 0.3 is 0 Å². The first-order valence-electron chi connectivity index (χ1n) is 6.86. The quantitative estimate of drug-likeness (QED) is 0.701. The Hall–Kier alpha value is -0.580. The van der Waals surface area contributed by atoms with Crippen molar-refractivity contribution in [2.45, 2.75) is 45.1 Å². The maximum Gasteiger partial charge on any atom is 0.261 e. The SMILES string of the molecule is CC(C)CO[C@H](CC(C)C)c1ccc(S(=O)(=O)Cl)cc1. The van der Waals surface area contributed by atoms with Crippen molar-refractivity contribution in [3.8, 4) is 0 Å². The van der Waals surface area contributed by atoms with Gasteiger partial charge in [-0.05, 0) is 36.0 Å². The molecule has 0 saturated carbocycles. The molecule has 1 aromatic rings. The lowest BCUT2D eigenvalue weighted by atomic mass is 9.99. The molecule has 0 amide bonds. The highest BCUT2D eigenvalue weighted by Gasteiger charge is 2.16. The van der Waals surface area contributed by atoms with Crippen LogP contribution in [0.4, 0.5) is 0 Å². The van der Waals surface area contributed by atoms with Crippen molar-refractivity contribution in [3.63, 3.8) is 0 Å². The van der Waals surface area contributed by atoms with Gasteiger partial charge in [0.1, 0.15) is 0 Å². The van der Waals surface area contributed by atoms with Gasteiger partial charge in [-0.3, -0.25) is 0 Å². The first kappa shape index (κ1) is 17.5. The van der Waals surface area contributed by atoms with Gasteiger partial charge < -0.3 is 4.74 Å². The van der Waals surface area contributed by atoms with Crippen LogP contribution in [0.2, 0.25) is 0 Å². The van der Waals surface area contributed by atoms with Crippen molar-refractivity contribution in [2.24, 2.45) is 11.8 Å². The zero-order chi connectivity index (χ0) is 15.3. The molecule has 0 radical (unpaired) electrons. The lowest BCUT2D eigenvalue weighted by molar-refractivity contribution is 0.0220. The lowest BCUT2D eigenvalue weighted by Gasteiger charge is -2.21. The molecule has 0 aliphatic carbocycles. The minimum atomic E-state index is -3.66. The fourth-order valence-corrected chi connectivity index (χ4v) is 2.65. The van der Waals surface area contributed by atoms with Crippen LogP contribution in [0.25, 0.3) is 0 Å². The molecule has 5 heteroatoms. The maximum absolute atomic E-state index is 11.2. The summed E-state index contributed by atoms with van der Waals surface area (Å²) in [4.78, 5) is 0.120. The third-order valence-corrected chi connectivity index (χ3v) is 4.22. The van der Waals surface area contributed by atoms with Crippen LogP contribution in [0.1, 0.15) is 45.8 Å². The van der Waals surface area contributed by atoms with Crippen LogP contribution in [0, 0.1) is 11.8 Å². The minimum Gasteiger partial charge on any atom is -0.373 e. The topological polar surface area (TPSA) is 43.4 Å². The second-order valence-electron chi connectivity index (χ2n) is 5.85. The molecule has 0 unspecified atom stereocenters. The summed E-state index contributed by atoms with van der Waals surface area (Å²) < 4.78 is 28.4. The number of benzene rings is 1. The fraction of sp³-hybridized carbons (Fsp3) is 0.600. The van der Waals surface area contributed by atoms with Gasteiger partial charge in [0.05, 0.1) is 11.0 Å². The summed E-state index contributed by atoms with van der Waals surface area (Å²) in [5.41, 5.74) is 0.989. The summed E-state index contributed by atoms with van der Waals surface area (Å²) in [5.74, 6) is 0.968. The highest BCUT2D eigenvalue weighted by molar-refractivity contribution is 8.13. The van der Waals surface area contributed by atoms with E-state index in [4.69, 9.17) is 15.4 Å². The van der Waals surface area contributed by atoms with E-state index in [1.807, 2.05) is 0 Å². The molecule has 0 aromatic heterocycles. The molecule has 1 aromatic carbocycles. The van der Waals surface area contributed by atoms with Crippen molar-refractivity contribution >= 4 is 19.7 Å². The molecule has 0 N–H and O–H groups in total. The second-order valence-corrected chi connectivity index (χ2v) is 8.42. The summed E-state index contributed by atoms with van der Waals surface area (Å²) in [6.07, 6.45) is 0.893. The minimum absolute atomic E-state index is 0.00974.